The molecule has 7 nitrogen and oxygen atoms in total. The fourth-order valence-corrected chi connectivity index (χ4v) is 3.10. The van der Waals surface area contributed by atoms with Crippen molar-refractivity contribution in [1.82, 2.24) is 10.6 Å². The lowest BCUT2D eigenvalue weighted by Crippen LogP contribution is -2.54. The number of carboxylic acids is 1. The normalized spacial score (nSPS) is 12.7. The van der Waals surface area contributed by atoms with Crippen molar-refractivity contribution in [3.05, 3.63) is 69.3 Å². The summed E-state index contributed by atoms with van der Waals surface area (Å²) < 4.78 is 6.20. The molecule has 0 aliphatic rings. The zero-order chi connectivity index (χ0) is 22.1. The molecule has 0 aromatic heterocycles. The topological polar surface area (TPSA) is 105 Å². The SMILES string of the molecule is CC(C)[C@@H](NC(=O)OCc1ccccc1)C(=O)N[C@H](Cc1ccc(I)cc1)C(=O)O. The van der Waals surface area contributed by atoms with Crippen molar-refractivity contribution in [2.75, 3.05) is 0 Å². The van der Waals surface area contributed by atoms with Crippen molar-refractivity contribution in [3.63, 3.8) is 0 Å². The summed E-state index contributed by atoms with van der Waals surface area (Å²) in [5.74, 6) is -1.97. The van der Waals surface area contributed by atoms with Crippen LogP contribution in [0.5, 0.6) is 0 Å². The molecule has 30 heavy (non-hydrogen) atoms. The maximum atomic E-state index is 12.7. The number of alkyl carbamates (subject to hydrolysis) is 1. The molecule has 2 aromatic carbocycles. The molecule has 0 unspecified atom stereocenters. The van der Waals surface area contributed by atoms with E-state index in [1.165, 1.54) is 0 Å². The maximum absolute atomic E-state index is 12.7. The lowest BCUT2D eigenvalue weighted by Gasteiger charge is -2.24. The summed E-state index contributed by atoms with van der Waals surface area (Å²) in [6, 6.07) is 14.5. The highest BCUT2D eigenvalue weighted by Gasteiger charge is 2.29. The van der Waals surface area contributed by atoms with Gasteiger partial charge in [-0.1, -0.05) is 56.3 Å². The molecule has 0 bridgehead atoms. The van der Waals surface area contributed by atoms with Crippen LogP contribution in [-0.2, 0) is 27.4 Å². The van der Waals surface area contributed by atoms with Crippen molar-refractivity contribution in [3.8, 4) is 0 Å². The zero-order valence-corrected chi connectivity index (χ0v) is 19.0. The molecule has 0 radical (unpaired) electrons. The summed E-state index contributed by atoms with van der Waals surface area (Å²) in [5.41, 5.74) is 1.61. The van der Waals surface area contributed by atoms with Crippen LogP contribution in [0.3, 0.4) is 0 Å². The second kappa shape index (κ2) is 11.5. The molecular weight excluding hydrogens is 499 g/mol. The molecular formula is C22H25IN2O5. The van der Waals surface area contributed by atoms with Gasteiger partial charge in [-0.25, -0.2) is 9.59 Å². The number of halogens is 1. The van der Waals surface area contributed by atoms with Crippen molar-refractivity contribution >= 4 is 40.6 Å². The number of carboxylic acid groups (broad SMARTS) is 1. The summed E-state index contributed by atoms with van der Waals surface area (Å²) in [5, 5.41) is 14.6. The highest BCUT2D eigenvalue weighted by atomic mass is 127. The highest BCUT2D eigenvalue weighted by Crippen LogP contribution is 2.10. The van der Waals surface area contributed by atoms with Crippen LogP contribution in [0.25, 0.3) is 0 Å². The van der Waals surface area contributed by atoms with Crippen LogP contribution < -0.4 is 10.6 Å². The Hall–Kier alpha value is -2.62. The summed E-state index contributed by atoms with van der Waals surface area (Å²) in [6.07, 6.45) is -0.599. The van der Waals surface area contributed by atoms with Crippen LogP contribution in [0, 0.1) is 9.49 Å². The smallest absolute Gasteiger partial charge is 0.408 e. The molecule has 8 heteroatoms. The molecule has 2 atom stereocenters. The number of carbonyl (C=O) groups excluding carboxylic acids is 2. The predicted octanol–water partition coefficient (Wildman–Crippen LogP) is 3.35. The van der Waals surface area contributed by atoms with Crippen molar-refractivity contribution in [2.24, 2.45) is 5.92 Å². The summed E-state index contributed by atoms with van der Waals surface area (Å²) in [7, 11) is 0. The first-order valence-electron chi connectivity index (χ1n) is 9.51. The number of ether oxygens (including phenoxy) is 1. The standard InChI is InChI=1S/C22H25IN2O5/c1-14(2)19(25-22(29)30-13-16-6-4-3-5-7-16)20(26)24-18(21(27)28)12-15-8-10-17(23)11-9-15/h3-11,14,18-19H,12-13H2,1-2H3,(H,24,26)(H,25,29)(H,27,28)/t18-,19-/m1/s1. The van der Waals surface area contributed by atoms with E-state index in [0.29, 0.717) is 0 Å². The van der Waals surface area contributed by atoms with E-state index in [0.717, 1.165) is 14.7 Å². The number of benzene rings is 2. The molecule has 0 aliphatic carbocycles. The Bertz CT molecular complexity index is 856. The molecule has 0 saturated heterocycles. The molecule has 2 rings (SSSR count). The van der Waals surface area contributed by atoms with Crippen molar-refractivity contribution in [1.29, 1.82) is 0 Å². The van der Waals surface area contributed by atoms with E-state index in [1.807, 2.05) is 54.6 Å². The second-order valence-corrected chi connectivity index (χ2v) is 8.40. The van der Waals surface area contributed by atoms with Gasteiger partial charge in [0.1, 0.15) is 18.7 Å². The Balaban J connectivity index is 1.97. The van der Waals surface area contributed by atoms with Crippen LogP contribution in [0.15, 0.2) is 54.6 Å². The van der Waals surface area contributed by atoms with E-state index < -0.39 is 30.1 Å². The number of carbonyl (C=O) groups is 3. The molecule has 3 N–H and O–H groups in total. The lowest BCUT2D eigenvalue weighted by molar-refractivity contribution is -0.142. The fraction of sp³-hybridized carbons (Fsp3) is 0.318. The van der Waals surface area contributed by atoms with Gasteiger partial charge in [0, 0.05) is 9.99 Å². The third-order valence-corrected chi connectivity index (χ3v) is 5.12. The first-order chi connectivity index (χ1) is 14.3. The van der Waals surface area contributed by atoms with Gasteiger partial charge < -0.3 is 20.5 Å². The van der Waals surface area contributed by atoms with E-state index >= 15 is 0 Å². The fourth-order valence-electron chi connectivity index (χ4n) is 2.74. The van der Waals surface area contributed by atoms with E-state index in [2.05, 4.69) is 33.2 Å². The van der Waals surface area contributed by atoms with Gasteiger partial charge in [-0.15, -0.1) is 0 Å². The number of rotatable bonds is 9. The summed E-state index contributed by atoms with van der Waals surface area (Å²) in [4.78, 5) is 36.5. The molecule has 0 heterocycles. The Kier molecular flexibility index (Phi) is 9.10. The van der Waals surface area contributed by atoms with Crippen LogP contribution in [0.4, 0.5) is 4.79 Å². The van der Waals surface area contributed by atoms with Gasteiger partial charge in [0.25, 0.3) is 0 Å². The highest BCUT2D eigenvalue weighted by molar-refractivity contribution is 14.1. The monoisotopic (exact) mass is 524 g/mol. The van der Waals surface area contributed by atoms with Crippen LogP contribution in [0.2, 0.25) is 0 Å². The first kappa shape index (κ1) is 23.7. The number of nitrogens with one attached hydrogen (secondary N) is 2. The largest absolute Gasteiger partial charge is 0.480 e. The van der Waals surface area contributed by atoms with Crippen LogP contribution in [0.1, 0.15) is 25.0 Å². The Morgan fingerprint density at radius 3 is 2.17 bits per heavy atom. The molecule has 0 aliphatic heterocycles. The van der Waals surface area contributed by atoms with Gasteiger partial charge in [-0.2, -0.15) is 0 Å². The zero-order valence-electron chi connectivity index (χ0n) is 16.8. The van der Waals surface area contributed by atoms with Gasteiger partial charge in [0.2, 0.25) is 5.91 Å². The lowest BCUT2D eigenvalue weighted by atomic mass is 10.0. The van der Waals surface area contributed by atoms with Gasteiger partial charge in [-0.3, -0.25) is 4.79 Å². The molecule has 0 saturated carbocycles. The van der Waals surface area contributed by atoms with Crippen LogP contribution in [-0.4, -0.2) is 35.2 Å². The minimum Gasteiger partial charge on any atom is -0.480 e. The van der Waals surface area contributed by atoms with Gasteiger partial charge in [0.15, 0.2) is 0 Å². The second-order valence-electron chi connectivity index (χ2n) is 7.16. The minimum absolute atomic E-state index is 0.0731. The number of hydrogen-bond donors (Lipinski definition) is 3. The molecule has 0 fully saturated rings. The van der Waals surface area contributed by atoms with E-state index in [4.69, 9.17) is 4.74 Å². The van der Waals surface area contributed by atoms with E-state index in [1.54, 1.807) is 13.8 Å². The third kappa shape index (κ3) is 7.66. The maximum Gasteiger partial charge on any atom is 0.408 e. The number of aliphatic carboxylic acids is 1. The Labute approximate surface area is 189 Å². The van der Waals surface area contributed by atoms with Gasteiger partial charge in [-0.05, 0) is 51.8 Å². The Morgan fingerprint density at radius 1 is 0.967 bits per heavy atom. The summed E-state index contributed by atoms with van der Waals surface area (Å²) in [6.45, 7) is 3.59. The first-order valence-corrected chi connectivity index (χ1v) is 10.6. The molecule has 2 aromatic rings. The van der Waals surface area contributed by atoms with E-state index in [-0.39, 0.29) is 18.9 Å². The number of hydrogen-bond acceptors (Lipinski definition) is 4. The third-order valence-electron chi connectivity index (χ3n) is 4.40. The average molecular weight is 524 g/mol. The minimum atomic E-state index is -1.14. The molecule has 160 valence electrons. The van der Waals surface area contributed by atoms with Gasteiger partial charge in [0.05, 0.1) is 0 Å². The summed E-state index contributed by atoms with van der Waals surface area (Å²) >= 11 is 2.16. The molecule has 2 amide bonds. The predicted molar refractivity (Wildman–Crippen MR) is 121 cm³/mol. The van der Waals surface area contributed by atoms with Gasteiger partial charge >= 0.3 is 12.1 Å². The average Bonchev–Trinajstić information content (AvgIpc) is 2.71. The Morgan fingerprint density at radius 2 is 1.60 bits per heavy atom. The van der Waals surface area contributed by atoms with Crippen LogP contribution >= 0.6 is 22.6 Å². The quantitative estimate of drug-likeness (QED) is 0.437. The number of amides is 2. The van der Waals surface area contributed by atoms with E-state index in [9.17, 15) is 19.5 Å². The molecule has 0 spiro atoms. The van der Waals surface area contributed by atoms with Crippen molar-refractivity contribution in [2.45, 2.75) is 39.0 Å². The van der Waals surface area contributed by atoms with Crippen molar-refractivity contribution < 1.29 is 24.2 Å².